The molecule has 0 bridgehead atoms. The first-order valence-electron chi connectivity index (χ1n) is 5.11. The van der Waals surface area contributed by atoms with E-state index in [4.69, 9.17) is 0 Å². The Bertz CT molecular complexity index is 416. The van der Waals surface area contributed by atoms with Crippen molar-refractivity contribution in [2.75, 3.05) is 0 Å². The third-order valence-electron chi connectivity index (χ3n) is 2.41. The Labute approximate surface area is 93.0 Å². The number of rotatable bonds is 4. The molecule has 1 N–H and O–H groups in total. The van der Waals surface area contributed by atoms with Gasteiger partial charge < -0.3 is 5.11 Å². The number of aliphatic hydroxyl groups excluding tert-OH is 1. The molecule has 0 saturated carbocycles. The molecule has 84 valence electrons. The van der Waals surface area contributed by atoms with Crippen molar-refractivity contribution in [3.63, 3.8) is 0 Å². The minimum Gasteiger partial charge on any atom is -0.390 e. The van der Waals surface area contributed by atoms with Crippen LogP contribution in [0, 0.1) is 0 Å². The Kier molecular flexibility index (Phi) is 3.21. The van der Waals surface area contributed by atoms with Crippen molar-refractivity contribution in [1.82, 2.24) is 24.7 Å². The highest BCUT2D eigenvalue weighted by Gasteiger charge is 2.23. The fraction of sp³-hybridized carbons (Fsp3) is 0.400. The average molecular weight is 219 g/mol. The minimum atomic E-state index is -0.545. The standard InChI is InChI=1S/C10H13N5O/c1-2-9(16)10(15-7-12-6-14-15)8-3-4-11-5-13-8/h3-7,9-10,16H,2H2,1H3. The first kappa shape index (κ1) is 10.7. The molecule has 0 spiro atoms. The van der Waals surface area contributed by atoms with Crippen molar-refractivity contribution in [2.45, 2.75) is 25.5 Å². The zero-order valence-corrected chi connectivity index (χ0v) is 8.93. The number of aromatic nitrogens is 5. The van der Waals surface area contributed by atoms with Crippen LogP contribution in [-0.4, -0.2) is 35.9 Å². The van der Waals surface area contributed by atoms with Gasteiger partial charge in [0.15, 0.2) is 0 Å². The van der Waals surface area contributed by atoms with Crippen LogP contribution >= 0.6 is 0 Å². The molecule has 2 atom stereocenters. The number of hydrogen-bond acceptors (Lipinski definition) is 5. The smallest absolute Gasteiger partial charge is 0.137 e. The molecule has 0 aliphatic rings. The van der Waals surface area contributed by atoms with E-state index in [0.29, 0.717) is 6.42 Å². The van der Waals surface area contributed by atoms with Crippen LogP contribution in [0.15, 0.2) is 31.2 Å². The molecule has 0 saturated heterocycles. The largest absolute Gasteiger partial charge is 0.390 e. The van der Waals surface area contributed by atoms with Crippen LogP contribution in [0.1, 0.15) is 25.1 Å². The number of hydrogen-bond donors (Lipinski definition) is 1. The molecule has 2 rings (SSSR count). The van der Waals surface area contributed by atoms with E-state index in [2.05, 4.69) is 20.1 Å². The topological polar surface area (TPSA) is 76.7 Å². The zero-order chi connectivity index (χ0) is 11.4. The zero-order valence-electron chi connectivity index (χ0n) is 8.93. The molecule has 2 aromatic rings. The minimum absolute atomic E-state index is 0.310. The van der Waals surface area contributed by atoms with E-state index in [9.17, 15) is 5.11 Å². The average Bonchev–Trinajstić information content (AvgIpc) is 2.84. The van der Waals surface area contributed by atoms with Crippen LogP contribution in [-0.2, 0) is 0 Å². The molecule has 0 radical (unpaired) electrons. The highest BCUT2D eigenvalue weighted by Crippen LogP contribution is 2.20. The van der Waals surface area contributed by atoms with Crippen LogP contribution in [0.5, 0.6) is 0 Å². The van der Waals surface area contributed by atoms with Crippen molar-refractivity contribution in [1.29, 1.82) is 0 Å². The van der Waals surface area contributed by atoms with Gasteiger partial charge in [-0.3, -0.25) is 0 Å². The van der Waals surface area contributed by atoms with E-state index in [0.717, 1.165) is 5.69 Å². The van der Waals surface area contributed by atoms with Crippen LogP contribution in [0.4, 0.5) is 0 Å². The summed E-state index contributed by atoms with van der Waals surface area (Å²) >= 11 is 0. The Hall–Kier alpha value is -1.82. The molecule has 0 fully saturated rings. The second kappa shape index (κ2) is 4.80. The lowest BCUT2D eigenvalue weighted by Gasteiger charge is -2.20. The van der Waals surface area contributed by atoms with Crippen molar-refractivity contribution >= 4 is 0 Å². The second-order valence-corrected chi connectivity index (χ2v) is 3.43. The summed E-state index contributed by atoms with van der Waals surface area (Å²) in [5.74, 6) is 0. The maximum Gasteiger partial charge on any atom is 0.137 e. The van der Waals surface area contributed by atoms with E-state index in [1.807, 2.05) is 6.92 Å². The molecular formula is C10H13N5O. The molecule has 0 aliphatic carbocycles. The lowest BCUT2D eigenvalue weighted by atomic mass is 10.1. The lowest BCUT2D eigenvalue weighted by molar-refractivity contribution is 0.118. The van der Waals surface area contributed by atoms with Gasteiger partial charge in [0.2, 0.25) is 0 Å². The van der Waals surface area contributed by atoms with Crippen molar-refractivity contribution in [2.24, 2.45) is 0 Å². The van der Waals surface area contributed by atoms with Gasteiger partial charge in [0.1, 0.15) is 25.0 Å². The molecule has 6 heteroatoms. The fourth-order valence-electron chi connectivity index (χ4n) is 1.57. The Morgan fingerprint density at radius 2 is 2.25 bits per heavy atom. The fourth-order valence-corrected chi connectivity index (χ4v) is 1.57. The predicted octanol–water partition coefficient (Wildman–Crippen LogP) is 0.428. The van der Waals surface area contributed by atoms with Gasteiger partial charge in [-0.1, -0.05) is 6.92 Å². The Balaban J connectivity index is 2.36. The molecule has 2 aromatic heterocycles. The Morgan fingerprint density at radius 1 is 1.38 bits per heavy atom. The first-order valence-corrected chi connectivity index (χ1v) is 5.11. The van der Waals surface area contributed by atoms with Gasteiger partial charge in [-0.25, -0.2) is 19.6 Å². The monoisotopic (exact) mass is 219 g/mol. The molecule has 6 nitrogen and oxygen atoms in total. The summed E-state index contributed by atoms with van der Waals surface area (Å²) in [6.07, 6.45) is 6.20. The first-order chi connectivity index (χ1) is 7.83. The molecule has 0 aromatic carbocycles. The second-order valence-electron chi connectivity index (χ2n) is 3.43. The van der Waals surface area contributed by atoms with Gasteiger partial charge in [-0.2, -0.15) is 5.10 Å². The molecule has 2 heterocycles. The third-order valence-corrected chi connectivity index (χ3v) is 2.41. The predicted molar refractivity (Wildman–Crippen MR) is 56.5 cm³/mol. The molecule has 2 unspecified atom stereocenters. The Morgan fingerprint density at radius 3 is 2.81 bits per heavy atom. The summed E-state index contributed by atoms with van der Waals surface area (Å²) in [4.78, 5) is 11.9. The number of nitrogens with zero attached hydrogens (tertiary/aromatic N) is 5. The summed E-state index contributed by atoms with van der Waals surface area (Å²) in [7, 11) is 0. The summed E-state index contributed by atoms with van der Waals surface area (Å²) in [5.41, 5.74) is 0.731. The summed E-state index contributed by atoms with van der Waals surface area (Å²) in [6.45, 7) is 1.91. The van der Waals surface area contributed by atoms with E-state index in [1.54, 1.807) is 23.3 Å². The molecule has 16 heavy (non-hydrogen) atoms. The number of aliphatic hydroxyl groups is 1. The van der Waals surface area contributed by atoms with Crippen molar-refractivity contribution < 1.29 is 5.11 Å². The SMILES string of the molecule is CCC(O)C(c1ccncn1)n1cncn1. The van der Waals surface area contributed by atoms with Gasteiger partial charge >= 0.3 is 0 Å². The van der Waals surface area contributed by atoms with Crippen molar-refractivity contribution in [3.8, 4) is 0 Å². The molecule has 0 aliphatic heterocycles. The molecule has 0 amide bonds. The highest BCUT2D eigenvalue weighted by atomic mass is 16.3. The van der Waals surface area contributed by atoms with Gasteiger partial charge in [-0.05, 0) is 12.5 Å². The van der Waals surface area contributed by atoms with Gasteiger partial charge in [0.05, 0.1) is 11.8 Å². The van der Waals surface area contributed by atoms with E-state index in [-0.39, 0.29) is 6.04 Å². The van der Waals surface area contributed by atoms with E-state index in [1.165, 1.54) is 12.7 Å². The summed E-state index contributed by atoms with van der Waals surface area (Å²) in [6, 6.07) is 1.46. The normalized spacial score (nSPS) is 14.6. The van der Waals surface area contributed by atoms with E-state index < -0.39 is 6.10 Å². The van der Waals surface area contributed by atoms with E-state index >= 15 is 0 Å². The highest BCUT2D eigenvalue weighted by molar-refractivity contribution is 5.07. The van der Waals surface area contributed by atoms with Crippen LogP contribution in [0.25, 0.3) is 0 Å². The lowest BCUT2D eigenvalue weighted by Crippen LogP contribution is -2.26. The third kappa shape index (κ3) is 2.06. The van der Waals surface area contributed by atoms with Gasteiger partial charge in [0, 0.05) is 6.20 Å². The quantitative estimate of drug-likeness (QED) is 0.806. The van der Waals surface area contributed by atoms with Gasteiger partial charge in [-0.15, -0.1) is 0 Å². The van der Waals surface area contributed by atoms with Crippen molar-refractivity contribution in [3.05, 3.63) is 36.9 Å². The van der Waals surface area contributed by atoms with Crippen LogP contribution in [0.3, 0.4) is 0 Å². The summed E-state index contributed by atoms with van der Waals surface area (Å²) in [5, 5.41) is 14.0. The maximum absolute atomic E-state index is 9.99. The van der Waals surface area contributed by atoms with Crippen LogP contribution < -0.4 is 0 Å². The maximum atomic E-state index is 9.99. The van der Waals surface area contributed by atoms with Gasteiger partial charge in [0.25, 0.3) is 0 Å². The summed E-state index contributed by atoms with van der Waals surface area (Å²) < 4.78 is 1.61. The molecular weight excluding hydrogens is 206 g/mol. The van der Waals surface area contributed by atoms with Crippen LogP contribution in [0.2, 0.25) is 0 Å².